The third-order valence-corrected chi connectivity index (χ3v) is 4.25. The van der Waals surface area contributed by atoms with E-state index < -0.39 is 0 Å². The summed E-state index contributed by atoms with van der Waals surface area (Å²) in [6.07, 6.45) is 1.73. The Hall–Kier alpha value is -2.41. The maximum absolute atomic E-state index is 14.9. The summed E-state index contributed by atoms with van der Waals surface area (Å²) in [4.78, 5) is 0. The van der Waals surface area contributed by atoms with Gasteiger partial charge in [-0.1, -0.05) is 60.7 Å². The zero-order valence-electron chi connectivity index (χ0n) is 11.6. The van der Waals surface area contributed by atoms with Gasteiger partial charge in [-0.05, 0) is 46.4 Å². The highest BCUT2D eigenvalue weighted by atomic mass is 19.1. The van der Waals surface area contributed by atoms with Crippen LogP contribution in [0.4, 0.5) is 4.39 Å². The molecule has 4 rings (SSSR count). The Labute approximate surface area is 123 Å². The molecule has 102 valence electrons. The van der Waals surface area contributed by atoms with Crippen molar-refractivity contribution >= 4 is 22.2 Å². The summed E-state index contributed by atoms with van der Waals surface area (Å²) in [6.45, 7) is 0. The summed E-state index contributed by atoms with van der Waals surface area (Å²) in [7, 11) is 0. The number of halogens is 1. The maximum atomic E-state index is 14.9. The van der Waals surface area contributed by atoms with Crippen LogP contribution >= 0.6 is 0 Å². The predicted octanol–water partition coefficient (Wildman–Crippen LogP) is 5.62. The Bertz CT molecular complexity index is 858. The molecular weight excluding hydrogens is 259 g/mol. The summed E-state index contributed by atoms with van der Waals surface area (Å²) < 4.78 is 14.9. The van der Waals surface area contributed by atoms with Crippen LogP contribution in [0.2, 0.25) is 0 Å². The molecule has 1 aliphatic carbocycles. The van der Waals surface area contributed by atoms with Gasteiger partial charge in [0.15, 0.2) is 0 Å². The monoisotopic (exact) mass is 274 g/mol. The molecule has 21 heavy (non-hydrogen) atoms. The molecule has 1 heteroatoms. The summed E-state index contributed by atoms with van der Waals surface area (Å²) in [5.74, 6) is -0.0781. The van der Waals surface area contributed by atoms with Crippen molar-refractivity contribution < 1.29 is 4.39 Å². The van der Waals surface area contributed by atoms with E-state index in [2.05, 4.69) is 12.1 Å². The first-order chi connectivity index (χ1) is 10.3. The highest BCUT2D eigenvalue weighted by Gasteiger charge is 2.20. The van der Waals surface area contributed by atoms with Gasteiger partial charge in [0.25, 0.3) is 0 Å². The molecule has 0 aliphatic heterocycles. The van der Waals surface area contributed by atoms with Crippen LogP contribution in [-0.2, 0) is 6.42 Å². The Morgan fingerprint density at radius 2 is 1.52 bits per heavy atom. The molecule has 0 heterocycles. The second kappa shape index (κ2) is 4.85. The van der Waals surface area contributed by atoms with E-state index in [1.54, 1.807) is 0 Å². The van der Waals surface area contributed by atoms with Crippen molar-refractivity contribution in [3.8, 4) is 0 Å². The second-order valence-electron chi connectivity index (χ2n) is 5.51. The molecule has 0 bridgehead atoms. The van der Waals surface area contributed by atoms with Gasteiger partial charge in [0, 0.05) is 5.56 Å². The SMILES string of the molecule is F/C(=C1\CCc2ccccc21)c1ccc2ccccc2c1. The van der Waals surface area contributed by atoms with E-state index in [1.807, 2.05) is 54.6 Å². The van der Waals surface area contributed by atoms with Crippen LogP contribution in [0.15, 0.2) is 66.7 Å². The number of benzene rings is 3. The Morgan fingerprint density at radius 1 is 0.762 bits per heavy atom. The van der Waals surface area contributed by atoms with Crippen molar-refractivity contribution in [2.45, 2.75) is 12.8 Å². The van der Waals surface area contributed by atoms with Crippen LogP contribution in [0.25, 0.3) is 22.2 Å². The van der Waals surface area contributed by atoms with Crippen LogP contribution in [0.1, 0.15) is 23.1 Å². The number of allylic oxidation sites excluding steroid dienone is 1. The fourth-order valence-electron chi connectivity index (χ4n) is 3.16. The lowest BCUT2D eigenvalue weighted by atomic mass is 10.0. The molecule has 0 nitrogen and oxygen atoms in total. The number of hydrogen-bond donors (Lipinski definition) is 0. The van der Waals surface area contributed by atoms with E-state index >= 15 is 0 Å². The maximum Gasteiger partial charge on any atom is 0.134 e. The molecule has 0 N–H and O–H groups in total. The Morgan fingerprint density at radius 3 is 2.43 bits per heavy atom. The summed E-state index contributed by atoms with van der Waals surface area (Å²) in [5.41, 5.74) is 3.85. The largest absolute Gasteiger partial charge is 0.206 e. The van der Waals surface area contributed by atoms with Crippen molar-refractivity contribution in [3.05, 3.63) is 83.4 Å². The third kappa shape index (κ3) is 2.06. The van der Waals surface area contributed by atoms with Gasteiger partial charge in [-0.15, -0.1) is 0 Å². The van der Waals surface area contributed by atoms with Crippen LogP contribution < -0.4 is 0 Å². The number of rotatable bonds is 1. The van der Waals surface area contributed by atoms with Gasteiger partial charge in [-0.3, -0.25) is 0 Å². The average Bonchev–Trinajstić information content (AvgIpc) is 2.98. The highest BCUT2D eigenvalue weighted by Crippen LogP contribution is 2.38. The van der Waals surface area contributed by atoms with Crippen molar-refractivity contribution in [2.75, 3.05) is 0 Å². The molecule has 0 fully saturated rings. The van der Waals surface area contributed by atoms with E-state index in [0.717, 1.165) is 34.8 Å². The lowest BCUT2D eigenvalue weighted by molar-refractivity contribution is 0.759. The molecule has 0 atom stereocenters. The minimum atomic E-state index is -0.0781. The van der Waals surface area contributed by atoms with E-state index in [-0.39, 0.29) is 5.83 Å². The molecule has 0 saturated carbocycles. The molecular formula is C20H15F. The fraction of sp³-hybridized carbons (Fsp3) is 0.100. The van der Waals surface area contributed by atoms with Gasteiger partial charge in [0.1, 0.15) is 5.83 Å². The molecule has 0 spiro atoms. The molecule has 0 aromatic heterocycles. The molecule has 0 saturated heterocycles. The highest BCUT2D eigenvalue weighted by molar-refractivity contribution is 5.93. The van der Waals surface area contributed by atoms with Crippen molar-refractivity contribution in [2.24, 2.45) is 0 Å². The van der Waals surface area contributed by atoms with Gasteiger partial charge in [0.05, 0.1) is 0 Å². The normalized spacial score (nSPS) is 16.0. The lowest BCUT2D eigenvalue weighted by Crippen LogP contribution is -1.85. The lowest BCUT2D eigenvalue weighted by Gasteiger charge is -2.06. The molecule has 0 amide bonds. The first-order valence-electron chi connectivity index (χ1n) is 7.29. The van der Waals surface area contributed by atoms with Gasteiger partial charge in [-0.25, -0.2) is 4.39 Å². The van der Waals surface area contributed by atoms with E-state index in [9.17, 15) is 4.39 Å². The fourth-order valence-corrected chi connectivity index (χ4v) is 3.16. The standard InChI is InChI=1S/C20H15F/c21-20(19-12-11-15-6-3-4-8-18(15)19)17-10-9-14-5-1-2-7-16(14)13-17/h1-10,13H,11-12H2/b20-19+. The average molecular weight is 274 g/mol. The third-order valence-electron chi connectivity index (χ3n) is 4.25. The molecule has 0 radical (unpaired) electrons. The molecule has 3 aromatic rings. The molecule has 3 aromatic carbocycles. The van der Waals surface area contributed by atoms with Gasteiger partial charge in [0.2, 0.25) is 0 Å². The quantitative estimate of drug-likeness (QED) is 0.540. The summed E-state index contributed by atoms with van der Waals surface area (Å²) in [6, 6.07) is 22.0. The second-order valence-corrected chi connectivity index (χ2v) is 5.51. The van der Waals surface area contributed by atoms with Crippen LogP contribution in [0.3, 0.4) is 0 Å². The summed E-state index contributed by atoms with van der Waals surface area (Å²) in [5, 5.41) is 2.22. The molecule has 0 unspecified atom stereocenters. The van der Waals surface area contributed by atoms with Crippen molar-refractivity contribution in [1.82, 2.24) is 0 Å². The van der Waals surface area contributed by atoms with Crippen LogP contribution in [0, 0.1) is 0 Å². The Balaban J connectivity index is 1.87. The first kappa shape index (κ1) is 12.3. The van der Waals surface area contributed by atoms with Gasteiger partial charge >= 0.3 is 0 Å². The van der Waals surface area contributed by atoms with E-state index in [0.29, 0.717) is 5.56 Å². The Kier molecular flexibility index (Phi) is 2.85. The number of fused-ring (bicyclic) bond motifs is 2. The molecule has 1 aliphatic rings. The van der Waals surface area contributed by atoms with Gasteiger partial charge < -0.3 is 0 Å². The van der Waals surface area contributed by atoms with Gasteiger partial charge in [-0.2, -0.15) is 0 Å². The van der Waals surface area contributed by atoms with Crippen molar-refractivity contribution in [1.29, 1.82) is 0 Å². The topological polar surface area (TPSA) is 0 Å². The zero-order chi connectivity index (χ0) is 14.2. The number of aryl methyl sites for hydroxylation is 1. The number of hydrogen-bond acceptors (Lipinski definition) is 0. The smallest absolute Gasteiger partial charge is 0.134 e. The van der Waals surface area contributed by atoms with Crippen LogP contribution in [-0.4, -0.2) is 0 Å². The van der Waals surface area contributed by atoms with Crippen LogP contribution in [0.5, 0.6) is 0 Å². The minimum absolute atomic E-state index is 0.0781. The predicted molar refractivity (Wildman–Crippen MR) is 86.6 cm³/mol. The minimum Gasteiger partial charge on any atom is -0.206 e. The zero-order valence-corrected chi connectivity index (χ0v) is 11.6. The van der Waals surface area contributed by atoms with Crippen molar-refractivity contribution in [3.63, 3.8) is 0 Å². The van der Waals surface area contributed by atoms with E-state index in [1.165, 1.54) is 5.56 Å². The first-order valence-corrected chi connectivity index (χ1v) is 7.29. The summed E-state index contributed by atoms with van der Waals surface area (Å²) >= 11 is 0. The van der Waals surface area contributed by atoms with E-state index in [4.69, 9.17) is 0 Å².